The first kappa shape index (κ1) is 21.0. The number of furan rings is 1. The summed E-state index contributed by atoms with van der Waals surface area (Å²) in [7, 11) is 0. The van der Waals surface area contributed by atoms with Crippen molar-refractivity contribution in [1.29, 1.82) is 0 Å². The summed E-state index contributed by atoms with van der Waals surface area (Å²) in [6.07, 6.45) is 1.53. The third-order valence-corrected chi connectivity index (χ3v) is 6.03. The zero-order valence-electron chi connectivity index (χ0n) is 16.4. The number of esters is 1. The van der Waals surface area contributed by atoms with Gasteiger partial charge in [-0.05, 0) is 23.6 Å². The summed E-state index contributed by atoms with van der Waals surface area (Å²) in [6.45, 7) is 3.48. The summed E-state index contributed by atoms with van der Waals surface area (Å²) in [5, 5.41) is 2.40. The fourth-order valence-corrected chi connectivity index (χ4v) is 4.59. The Balaban J connectivity index is 1.49. The summed E-state index contributed by atoms with van der Waals surface area (Å²) in [6, 6.07) is 12.6. The number of ether oxygens (including phenoxy) is 1. The molecule has 1 aliphatic rings. The van der Waals surface area contributed by atoms with Crippen LogP contribution in [0.3, 0.4) is 0 Å². The van der Waals surface area contributed by atoms with Gasteiger partial charge in [0.05, 0.1) is 6.26 Å². The van der Waals surface area contributed by atoms with Crippen molar-refractivity contribution < 1.29 is 23.5 Å². The first-order valence-corrected chi connectivity index (χ1v) is 10.4. The highest BCUT2D eigenvalue weighted by atomic mass is 32.2. The quantitative estimate of drug-likeness (QED) is 0.698. The van der Waals surface area contributed by atoms with Crippen molar-refractivity contribution in [2.75, 3.05) is 18.9 Å². The maximum absolute atomic E-state index is 12.5. The van der Waals surface area contributed by atoms with Crippen molar-refractivity contribution in [2.24, 2.45) is 0 Å². The average molecular weight is 416 g/mol. The van der Waals surface area contributed by atoms with E-state index in [2.05, 4.69) is 5.32 Å². The van der Waals surface area contributed by atoms with Crippen LogP contribution >= 0.6 is 11.8 Å². The Bertz CT molecular complexity index is 840. The van der Waals surface area contributed by atoms with Gasteiger partial charge in [-0.2, -0.15) is 0 Å². The van der Waals surface area contributed by atoms with Crippen LogP contribution in [-0.4, -0.2) is 47.6 Å². The minimum atomic E-state index is -0.747. The van der Waals surface area contributed by atoms with E-state index < -0.39 is 12.0 Å². The Kier molecular flexibility index (Phi) is 6.98. The molecule has 0 radical (unpaired) electrons. The summed E-state index contributed by atoms with van der Waals surface area (Å²) < 4.78 is 10.6. The minimum absolute atomic E-state index is 0.143. The van der Waals surface area contributed by atoms with Crippen LogP contribution in [-0.2, 0) is 19.1 Å². The Morgan fingerprint density at radius 2 is 2.00 bits per heavy atom. The van der Waals surface area contributed by atoms with Crippen molar-refractivity contribution in [3.8, 4) is 0 Å². The maximum atomic E-state index is 12.5. The molecular formula is C21H24N2O5S. The zero-order valence-corrected chi connectivity index (χ0v) is 17.2. The fourth-order valence-electron chi connectivity index (χ4n) is 3.17. The van der Waals surface area contributed by atoms with E-state index in [-0.39, 0.29) is 29.7 Å². The number of thioether (sulfide) groups is 1. The Morgan fingerprint density at radius 1 is 1.24 bits per heavy atom. The van der Waals surface area contributed by atoms with Gasteiger partial charge in [0.2, 0.25) is 5.91 Å². The van der Waals surface area contributed by atoms with Crippen LogP contribution in [0, 0.1) is 0 Å². The molecule has 29 heavy (non-hydrogen) atoms. The largest absolute Gasteiger partial charge is 0.466 e. The topological polar surface area (TPSA) is 88.8 Å². The second kappa shape index (κ2) is 9.65. The third kappa shape index (κ3) is 5.20. The van der Waals surface area contributed by atoms with Crippen LogP contribution in [0.2, 0.25) is 0 Å². The summed E-state index contributed by atoms with van der Waals surface area (Å²) in [4.78, 5) is 38.1. The van der Waals surface area contributed by atoms with Gasteiger partial charge in [-0.3, -0.25) is 9.59 Å². The SMILES string of the molecule is CC(=O)N1[C@@H](c2ccco2)SC[C@H]1C(=O)OCC(=O)NC[C@H](C)c1ccccc1. The van der Waals surface area contributed by atoms with Crippen LogP contribution < -0.4 is 5.32 Å². The highest BCUT2D eigenvalue weighted by Gasteiger charge is 2.43. The number of carbonyl (C=O) groups is 3. The van der Waals surface area contributed by atoms with Gasteiger partial charge in [0.15, 0.2) is 6.61 Å². The molecule has 1 aliphatic heterocycles. The first-order chi connectivity index (χ1) is 14.0. The number of benzene rings is 1. The number of rotatable bonds is 7. The van der Waals surface area contributed by atoms with E-state index in [1.54, 1.807) is 12.1 Å². The van der Waals surface area contributed by atoms with Crippen LogP contribution in [0.4, 0.5) is 0 Å². The zero-order chi connectivity index (χ0) is 20.8. The second-order valence-corrected chi connectivity index (χ2v) is 7.98. The number of carbonyl (C=O) groups excluding carboxylic acids is 3. The molecule has 1 N–H and O–H groups in total. The number of nitrogens with one attached hydrogen (secondary N) is 1. The third-order valence-electron chi connectivity index (χ3n) is 4.74. The summed E-state index contributed by atoms with van der Waals surface area (Å²) in [5.74, 6) is -0.0788. The lowest BCUT2D eigenvalue weighted by molar-refractivity contribution is -0.156. The smallest absolute Gasteiger partial charge is 0.330 e. The van der Waals surface area contributed by atoms with Gasteiger partial charge in [-0.15, -0.1) is 11.8 Å². The van der Waals surface area contributed by atoms with Crippen molar-refractivity contribution in [3.05, 3.63) is 60.1 Å². The van der Waals surface area contributed by atoms with Crippen molar-refractivity contribution in [1.82, 2.24) is 10.2 Å². The maximum Gasteiger partial charge on any atom is 0.330 e. The minimum Gasteiger partial charge on any atom is -0.466 e. The highest BCUT2D eigenvalue weighted by Crippen LogP contribution is 2.41. The second-order valence-electron chi connectivity index (χ2n) is 6.87. The average Bonchev–Trinajstić information content (AvgIpc) is 3.40. The predicted octanol–water partition coefficient (Wildman–Crippen LogP) is 2.71. The van der Waals surface area contributed by atoms with Gasteiger partial charge in [0, 0.05) is 19.2 Å². The molecule has 7 nitrogen and oxygen atoms in total. The van der Waals surface area contributed by atoms with E-state index in [0.29, 0.717) is 18.1 Å². The monoisotopic (exact) mass is 416 g/mol. The molecule has 1 fully saturated rings. The molecule has 1 aromatic heterocycles. The molecule has 3 atom stereocenters. The van der Waals surface area contributed by atoms with Gasteiger partial charge in [-0.25, -0.2) is 4.79 Å². The van der Waals surface area contributed by atoms with Gasteiger partial charge in [-0.1, -0.05) is 37.3 Å². The molecule has 3 rings (SSSR count). The van der Waals surface area contributed by atoms with Crippen molar-refractivity contribution in [2.45, 2.75) is 31.2 Å². The van der Waals surface area contributed by atoms with Crippen molar-refractivity contribution >= 4 is 29.5 Å². The van der Waals surface area contributed by atoms with E-state index in [1.165, 1.54) is 29.8 Å². The lowest BCUT2D eigenvalue weighted by Crippen LogP contribution is -2.43. The molecular weight excluding hydrogens is 392 g/mol. The molecule has 2 amide bonds. The lowest BCUT2D eigenvalue weighted by Gasteiger charge is -2.25. The van der Waals surface area contributed by atoms with E-state index in [1.807, 2.05) is 37.3 Å². The van der Waals surface area contributed by atoms with Crippen LogP contribution in [0.15, 0.2) is 53.1 Å². The van der Waals surface area contributed by atoms with E-state index in [9.17, 15) is 14.4 Å². The fraction of sp³-hybridized carbons (Fsp3) is 0.381. The van der Waals surface area contributed by atoms with Gasteiger partial charge in [0.1, 0.15) is 17.2 Å². The van der Waals surface area contributed by atoms with Gasteiger partial charge < -0.3 is 19.4 Å². The normalized spacial score (nSPS) is 19.6. The first-order valence-electron chi connectivity index (χ1n) is 9.39. The van der Waals surface area contributed by atoms with Gasteiger partial charge >= 0.3 is 5.97 Å². The molecule has 154 valence electrons. The summed E-state index contributed by atoms with van der Waals surface area (Å²) in [5.41, 5.74) is 1.12. The van der Waals surface area contributed by atoms with Crippen LogP contribution in [0.25, 0.3) is 0 Å². The van der Waals surface area contributed by atoms with E-state index in [0.717, 1.165) is 5.56 Å². The van der Waals surface area contributed by atoms with Crippen LogP contribution in [0.5, 0.6) is 0 Å². The molecule has 2 aromatic rings. The van der Waals surface area contributed by atoms with E-state index in [4.69, 9.17) is 9.15 Å². The molecule has 2 heterocycles. The lowest BCUT2D eigenvalue weighted by atomic mass is 10.0. The molecule has 8 heteroatoms. The number of nitrogens with zero attached hydrogens (tertiary/aromatic N) is 1. The molecule has 1 aromatic carbocycles. The molecule has 0 unspecified atom stereocenters. The number of amides is 2. The summed E-state index contributed by atoms with van der Waals surface area (Å²) >= 11 is 1.43. The molecule has 0 saturated carbocycles. The number of hydrogen-bond acceptors (Lipinski definition) is 6. The predicted molar refractivity (Wildman–Crippen MR) is 109 cm³/mol. The number of hydrogen-bond donors (Lipinski definition) is 1. The molecule has 0 spiro atoms. The molecule has 0 bridgehead atoms. The Labute approximate surface area is 173 Å². The molecule has 1 saturated heterocycles. The standard InChI is InChI=1S/C21H24N2O5S/c1-14(16-7-4-3-5-8-16)11-22-19(25)12-28-21(26)17-13-29-20(23(17)15(2)24)18-9-6-10-27-18/h3-10,14,17,20H,11-13H2,1-2H3,(H,22,25)/t14-,17-,20+/m0/s1. The van der Waals surface area contributed by atoms with Crippen LogP contribution in [0.1, 0.15) is 36.5 Å². The Morgan fingerprint density at radius 3 is 2.66 bits per heavy atom. The van der Waals surface area contributed by atoms with E-state index >= 15 is 0 Å². The van der Waals surface area contributed by atoms with Crippen molar-refractivity contribution in [3.63, 3.8) is 0 Å². The highest BCUT2D eigenvalue weighted by molar-refractivity contribution is 7.99. The molecule has 0 aliphatic carbocycles. The van der Waals surface area contributed by atoms with Gasteiger partial charge in [0.25, 0.3) is 5.91 Å². The Hall–Kier alpha value is -2.74.